The highest BCUT2D eigenvalue weighted by atomic mass is 32.2. The van der Waals surface area contributed by atoms with Gasteiger partial charge in [-0.1, -0.05) is 12.1 Å². The lowest BCUT2D eigenvalue weighted by molar-refractivity contribution is -0.142. The summed E-state index contributed by atoms with van der Waals surface area (Å²) in [5.74, 6) is -0.283. The second kappa shape index (κ2) is 7.72. The topological polar surface area (TPSA) is 83.9 Å². The van der Waals surface area contributed by atoms with Crippen molar-refractivity contribution in [2.75, 3.05) is 6.54 Å². The molecule has 1 aliphatic heterocycles. The van der Waals surface area contributed by atoms with E-state index in [0.717, 1.165) is 40.1 Å². The van der Waals surface area contributed by atoms with Crippen LogP contribution in [-0.4, -0.2) is 42.5 Å². The summed E-state index contributed by atoms with van der Waals surface area (Å²) in [7, 11) is -3.86. The van der Waals surface area contributed by atoms with Crippen molar-refractivity contribution in [3.8, 4) is 5.75 Å². The van der Waals surface area contributed by atoms with E-state index in [1.807, 2.05) is 18.2 Å². The molecule has 2 aromatic carbocycles. The molecule has 150 valence electrons. The summed E-state index contributed by atoms with van der Waals surface area (Å²) in [4.78, 5) is 11.7. The van der Waals surface area contributed by atoms with Crippen molar-refractivity contribution in [3.63, 3.8) is 0 Å². The van der Waals surface area contributed by atoms with Crippen LogP contribution in [0.3, 0.4) is 0 Å². The molecule has 1 saturated carbocycles. The lowest BCUT2D eigenvalue weighted by atomic mass is 10.1. The van der Waals surface area contributed by atoms with Gasteiger partial charge in [0.25, 0.3) is 0 Å². The summed E-state index contributed by atoms with van der Waals surface area (Å²) >= 11 is 0. The van der Waals surface area contributed by atoms with Crippen LogP contribution in [0.1, 0.15) is 44.9 Å². The molecule has 0 unspecified atom stereocenters. The number of hydrogen-bond acceptors (Lipinski definition) is 4. The van der Waals surface area contributed by atoms with E-state index in [0.29, 0.717) is 12.8 Å². The number of hydrogen-bond donors (Lipinski definition) is 1. The lowest BCUT2D eigenvalue weighted by Crippen LogP contribution is -2.47. The number of carboxylic acids is 1. The molecule has 2 fully saturated rings. The van der Waals surface area contributed by atoms with Gasteiger partial charge in [-0.25, -0.2) is 8.42 Å². The predicted octanol–water partition coefficient (Wildman–Crippen LogP) is 3.79. The molecule has 0 radical (unpaired) electrons. The molecule has 0 spiro atoms. The Labute approximate surface area is 165 Å². The minimum atomic E-state index is -3.86. The van der Waals surface area contributed by atoms with E-state index in [1.165, 1.54) is 12.8 Å². The van der Waals surface area contributed by atoms with Gasteiger partial charge >= 0.3 is 5.97 Å². The summed E-state index contributed by atoms with van der Waals surface area (Å²) in [5, 5.41) is 11.1. The average molecular weight is 404 g/mol. The molecule has 28 heavy (non-hydrogen) atoms. The molecule has 1 N–H and O–H groups in total. The van der Waals surface area contributed by atoms with E-state index < -0.39 is 22.0 Å². The molecule has 1 aliphatic carbocycles. The summed E-state index contributed by atoms with van der Waals surface area (Å²) in [6.07, 6.45) is 6.59. The second-order valence-corrected chi connectivity index (χ2v) is 9.55. The third kappa shape index (κ3) is 3.73. The number of nitrogens with zero attached hydrogens (tertiary/aromatic N) is 1. The van der Waals surface area contributed by atoms with Crippen molar-refractivity contribution in [2.24, 2.45) is 0 Å². The third-order valence-corrected chi connectivity index (χ3v) is 7.64. The van der Waals surface area contributed by atoms with Crippen LogP contribution in [0.25, 0.3) is 10.8 Å². The molecule has 6 nitrogen and oxygen atoms in total. The van der Waals surface area contributed by atoms with Gasteiger partial charge in [0.1, 0.15) is 11.8 Å². The van der Waals surface area contributed by atoms with Gasteiger partial charge in [0.2, 0.25) is 10.0 Å². The number of benzene rings is 2. The Morgan fingerprint density at radius 3 is 2.39 bits per heavy atom. The van der Waals surface area contributed by atoms with E-state index >= 15 is 0 Å². The number of sulfonamides is 1. The van der Waals surface area contributed by atoms with Gasteiger partial charge in [0, 0.05) is 6.54 Å². The Balaban J connectivity index is 1.62. The van der Waals surface area contributed by atoms with E-state index in [9.17, 15) is 18.3 Å². The maximum absolute atomic E-state index is 13.1. The van der Waals surface area contributed by atoms with Gasteiger partial charge in [-0.05, 0) is 80.0 Å². The first-order chi connectivity index (χ1) is 13.4. The SMILES string of the molecule is O=C(O)[C@H]1CCCCN1S(=O)(=O)c1ccc2cc(OC3CCCC3)ccc2c1. The predicted molar refractivity (Wildman–Crippen MR) is 106 cm³/mol. The minimum Gasteiger partial charge on any atom is -0.490 e. The number of piperidine rings is 1. The van der Waals surface area contributed by atoms with Crippen LogP contribution >= 0.6 is 0 Å². The zero-order valence-electron chi connectivity index (χ0n) is 15.7. The molecular weight excluding hydrogens is 378 g/mol. The Kier molecular flexibility index (Phi) is 5.29. The number of carbonyl (C=O) groups is 1. The zero-order valence-corrected chi connectivity index (χ0v) is 16.5. The molecule has 2 aliphatic rings. The fourth-order valence-corrected chi connectivity index (χ4v) is 5.90. The highest BCUT2D eigenvalue weighted by Crippen LogP contribution is 2.30. The number of carboxylic acid groups (broad SMARTS) is 1. The number of ether oxygens (including phenoxy) is 1. The van der Waals surface area contributed by atoms with Gasteiger partial charge in [-0.15, -0.1) is 0 Å². The van der Waals surface area contributed by atoms with Crippen molar-refractivity contribution in [1.82, 2.24) is 4.31 Å². The summed E-state index contributed by atoms with van der Waals surface area (Å²) in [6, 6.07) is 9.63. The highest BCUT2D eigenvalue weighted by molar-refractivity contribution is 7.89. The Morgan fingerprint density at radius 1 is 0.964 bits per heavy atom. The van der Waals surface area contributed by atoms with Crippen LogP contribution in [0.4, 0.5) is 0 Å². The summed E-state index contributed by atoms with van der Waals surface area (Å²) < 4.78 is 33.3. The molecule has 7 heteroatoms. The number of fused-ring (bicyclic) bond motifs is 1. The standard InChI is InChI=1S/C21H25NO5S/c23-21(24)20-7-3-4-12-22(20)28(25,26)19-11-9-15-13-18(10-8-16(15)14-19)27-17-5-1-2-6-17/h8-11,13-14,17,20H,1-7,12H2,(H,23,24)/t20-/m1/s1. The van der Waals surface area contributed by atoms with E-state index in [2.05, 4.69) is 0 Å². The first kappa shape index (κ1) is 19.2. The summed E-state index contributed by atoms with van der Waals surface area (Å²) in [5.41, 5.74) is 0. The Morgan fingerprint density at radius 2 is 1.64 bits per heavy atom. The fraction of sp³-hybridized carbons (Fsp3) is 0.476. The zero-order chi connectivity index (χ0) is 19.7. The molecule has 1 saturated heterocycles. The van der Waals surface area contributed by atoms with Gasteiger partial charge in [0.15, 0.2) is 0 Å². The van der Waals surface area contributed by atoms with Gasteiger partial charge < -0.3 is 9.84 Å². The van der Waals surface area contributed by atoms with Crippen LogP contribution in [0.2, 0.25) is 0 Å². The maximum atomic E-state index is 13.1. The van der Waals surface area contributed by atoms with Crippen LogP contribution in [0.15, 0.2) is 41.3 Å². The molecule has 0 bridgehead atoms. The first-order valence-electron chi connectivity index (χ1n) is 9.90. The monoisotopic (exact) mass is 403 g/mol. The quantitative estimate of drug-likeness (QED) is 0.821. The molecule has 2 aromatic rings. The number of rotatable bonds is 5. The highest BCUT2D eigenvalue weighted by Gasteiger charge is 2.37. The maximum Gasteiger partial charge on any atom is 0.322 e. The molecule has 0 aromatic heterocycles. The molecule has 4 rings (SSSR count). The lowest BCUT2D eigenvalue weighted by Gasteiger charge is -2.31. The minimum absolute atomic E-state index is 0.137. The van der Waals surface area contributed by atoms with Crippen molar-refractivity contribution in [1.29, 1.82) is 0 Å². The van der Waals surface area contributed by atoms with Crippen molar-refractivity contribution in [2.45, 2.75) is 62.0 Å². The van der Waals surface area contributed by atoms with Gasteiger partial charge in [-0.2, -0.15) is 4.31 Å². The van der Waals surface area contributed by atoms with E-state index in [4.69, 9.17) is 4.74 Å². The van der Waals surface area contributed by atoms with Crippen LogP contribution in [0.5, 0.6) is 5.75 Å². The molecular formula is C21H25NO5S. The van der Waals surface area contributed by atoms with Gasteiger partial charge in [0.05, 0.1) is 11.0 Å². The van der Waals surface area contributed by atoms with Crippen LogP contribution in [-0.2, 0) is 14.8 Å². The first-order valence-corrected chi connectivity index (χ1v) is 11.3. The molecule has 1 atom stereocenters. The van der Waals surface area contributed by atoms with E-state index in [-0.39, 0.29) is 17.5 Å². The van der Waals surface area contributed by atoms with Crippen molar-refractivity contribution in [3.05, 3.63) is 36.4 Å². The van der Waals surface area contributed by atoms with Crippen molar-refractivity contribution >= 4 is 26.8 Å². The Hall–Kier alpha value is -2.12. The number of aliphatic carboxylic acids is 1. The molecule has 0 amide bonds. The van der Waals surface area contributed by atoms with E-state index in [1.54, 1.807) is 18.2 Å². The summed E-state index contributed by atoms with van der Waals surface area (Å²) in [6.45, 7) is 0.242. The van der Waals surface area contributed by atoms with Gasteiger partial charge in [-0.3, -0.25) is 4.79 Å². The largest absolute Gasteiger partial charge is 0.490 e. The van der Waals surface area contributed by atoms with Crippen molar-refractivity contribution < 1.29 is 23.1 Å². The normalized spacial score (nSPS) is 21.8. The fourth-order valence-electron chi connectivity index (χ4n) is 4.21. The van der Waals surface area contributed by atoms with Crippen LogP contribution < -0.4 is 4.74 Å². The third-order valence-electron chi connectivity index (χ3n) is 5.73. The molecule has 1 heterocycles. The Bertz CT molecular complexity index is 981. The smallest absolute Gasteiger partial charge is 0.322 e. The van der Waals surface area contributed by atoms with Crippen LogP contribution in [0, 0.1) is 0 Å². The second-order valence-electron chi connectivity index (χ2n) is 7.66. The average Bonchev–Trinajstić information content (AvgIpc) is 3.20.